The van der Waals surface area contributed by atoms with Gasteiger partial charge in [-0.3, -0.25) is 9.59 Å². The third-order valence-electron chi connectivity index (χ3n) is 13.8. The molecule has 66 heavy (non-hydrogen) atoms. The maximum Gasteiger partial charge on any atom is 0.407 e. The van der Waals surface area contributed by atoms with Crippen molar-refractivity contribution in [1.29, 1.82) is 0 Å². The van der Waals surface area contributed by atoms with E-state index in [9.17, 15) is 19.2 Å². The number of methoxy groups -OCH3 is 2. The Kier molecular flexibility index (Phi) is 12.6. The van der Waals surface area contributed by atoms with Gasteiger partial charge in [-0.1, -0.05) is 76.2 Å². The molecule has 2 saturated heterocycles. The van der Waals surface area contributed by atoms with Crippen LogP contribution in [-0.2, 0) is 44.7 Å². The van der Waals surface area contributed by atoms with Crippen LogP contribution in [0.5, 0.6) is 0 Å². The summed E-state index contributed by atoms with van der Waals surface area (Å²) in [5, 5.41) is 5.48. The molecule has 4 aliphatic carbocycles. The number of aromatic nitrogens is 4. The highest BCUT2D eigenvalue weighted by Gasteiger charge is 2.39. The zero-order valence-corrected chi connectivity index (χ0v) is 38.7. The van der Waals surface area contributed by atoms with Crippen molar-refractivity contribution in [1.82, 2.24) is 40.4 Å². The van der Waals surface area contributed by atoms with Crippen LogP contribution in [0.25, 0.3) is 44.3 Å². The van der Waals surface area contributed by atoms with E-state index in [2.05, 4.69) is 93.4 Å². The fourth-order valence-electron chi connectivity index (χ4n) is 10.2. The Balaban J connectivity index is 0.941. The number of H-pyrrole nitrogens is 2. The summed E-state index contributed by atoms with van der Waals surface area (Å²) in [5.74, 6) is 1.05. The van der Waals surface area contributed by atoms with Crippen LogP contribution in [0.15, 0.2) is 72.8 Å². The van der Waals surface area contributed by atoms with Crippen molar-refractivity contribution in [2.75, 3.05) is 27.3 Å². The number of nitrogens with one attached hydrogen (secondary N) is 4. The number of alkyl carbamates (subject to hydrolysis) is 2. The molecule has 14 heteroatoms. The molecule has 2 aliphatic heterocycles. The predicted octanol–water partition coefficient (Wildman–Crippen LogP) is 8.75. The summed E-state index contributed by atoms with van der Waals surface area (Å²) >= 11 is 0. The lowest BCUT2D eigenvalue weighted by Gasteiger charge is -2.29. The predicted molar refractivity (Wildman–Crippen MR) is 254 cm³/mol. The number of hydrogen-bond donors (Lipinski definition) is 4. The van der Waals surface area contributed by atoms with Crippen molar-refractivity contribution in [3.05, 3.63) is 107 Å². The van der Waals surface area contributed by atoms with Crippen LogP contribution in [0.3, 0.4) is 0 Å². The fourth-order valence-corrected chi connectivity index (χ4v) is 10.2. The van der Waals surface area contributed by atoms with E-state index in [1.807, 2.05) is 37.5 Å². The molecule has 4 heterocycles. The van der Waals surface area contributed by atoms with Crippen LogP contribution < -0.4 is 10.6 Å². The Bertz CT molecular complexity index is 2620. The van der Waals surface area contributed by atoms with E-state index in [0.717, 1.165) is 96.2 Å². The Morgan fingerprint density at radius 3 is 1.41 bits per heavy atom. The summed E-state index contributed by atoms with van der Waals surface area (Å²) in [6.45, 7) is 8.88. The van der Waals surface area contributed by atoms with Crippen molar-refractivity contribution in [2.24, 2.45) is 11.8 Å². The van der Waals surface area contributed by atoms with Crippen molar-refractivity contribution in [3.8, 4) is 22.3 Å². The third kappa shape index (κ3) is 8.84. The monoisotopic (exact) mass is 892 g/mol. The van der Waals surface area contributed by atoms with Crippen molar-refractivity contribution in [3.63, 3.8) is 0 Å². The van der Waals surface area contributed by atoms with E-state index in [4.69, 9.17) is 19.4 Å². The van der Waals surface area contributed by atoms with E-state index in [1.54, 1.807) is 0 Å². The maximum absolute atomic E-state index is 13.8. The molecule has 0 radical (unpaired) electrons. The highest BCUT2D eigenvalue weighted by Crippen LogP contribution is 2.37. The second-order valence-corrected chi connectivity index (χ2v) is 18.8. The average Bonchev–Trinajstić information content (AvgIpc) is 4.15. The lowest BCUT2D eigenvalue weighted by molar-refractivity contribution is -0.136. The quantitative estimate of drug-likeness (QED) is 0.106. The lowest BCUT2D eigenvalue weighted by Crippen LogP contribution is -2.51. The number of aromatic amines is 2. The van der Waals surface area contributed by atoms with Gasteiger partial charge in [0.25, 0.3) is 0 Å². The van der Waals surface area contributed by atoms with E-state index >= 15 is 0 Å². The number of benzene rings is 4. The van der Waals surface area contributed by atoms with E-state index < -0.39 is 24.3 Å². The normalized spacial score (nSPS) is 18.2. The van der Waals surface area contributed by atoms with E-state index in [1.165, 1.54) is 47.6 Å². The second kappa shape index (κ2) is 18.7. The number of aryl methyl sites for hydroxylation is 4. The van der Waals surface area contributed by atoms with Gasteiger partial charge in [0.15, 0.2) is 0 Å². The van der Waals surface area contributed by atoms with E-state index in [0.29, 0.717) is 13.1 Å². The van der Waals surface area contributed by atoms with Crippen LogP contribution in [0.1, 0.15) is 99.4 Å². The zero-order chi connectivity index (χ0) is 46.2. The molecule has 4 amide bonds. The number of imidazole rings is 2. The van der Waals surface area contributed by atoms with Crippen LogP contribution in [0.2, 0.25) is 0 Å². The molecule has 12 rings (SSSR count). The van der Waals surface area contributed by atoms with Crippen LogP contribution in [0.4, 0.5) is 9.59 Å². The number of rotatable bonds is 10. The topological polar surface area (TPSA) is 175 Å². The summed E-state index contributed by atoms with van der Waals surface area (Å²) in [6, 6.07) is 24.8. The summed E-state index contributed by atoms with van der Waals surface area (Å²) in [7, 11) is 2.61. The highest BCUT2D eigenvalue weighted by atomic mass is 16.5. The minimum Gasteiger partial charge on any atom is -0.453 e. The number of nitrogens with zero attached hydrogens (tertiary/aromatic N) is 4. The largest absolute Gasteiger partial charge is 0.453 e. The number of amides is 4. The van der Waals surface area contributed by atoms with Gasteiger partial charge in [0.1, 0.15) is 23.7 Å². The Hall–Kier alpha value is -6.70. The number of hydrogen-bond acceptors (Lipinski definition) is 8. The summed E-state index contributed by atoms with van der Waals surface area (Å²) in [6.07, 6.45) is 5.52. The van der Waals surface area contributed by atoms with Gasteiger partial charge in [-0.25, -0.2) is 19.6 Å². The first-order valence-electron chi connectivity index (χ1n) is 23.4. The van der Waals surface area contributed by atoms with Gasteiger partial charge in [-0.05, 0) is 132 Å². The first-order chi connectivity index (χ1) is 31.9. The minimum absolute atomic E-state index is 0.108. The maximum atomic E-state index is 13.8. The SMILES string of the molecule is COC(=O)NC(C(=O)N1CCCC1c1nc2ccc(-c3cc4ccc3CCc3ccc(c(-c5ccc6nc([C@@H]7CCCN7C(=O)[C@@H](NC(=O)OC)C(C)C)[nH]c6c5)c3)CC4)cc2[nH]1)C(C)C. The molecule has 14 nitrogen and oxygen atoms in total. The number of likely N-dealkylation sites (tertiary alicyclic amines) is 2. The van der Waals surface area contributed by atoms with Crippen molar-refractivity contribution < 1.29 is 28.7 Å². The average molecular weight is 893 g/mol. The molecular weight excluding hydrogens is 833 g/mol. The molecule has 4 atom stereocenters. The fraction of sp³-hybridized carbons (Fsp3) is 0.423. The molecule has 2 fully saturated rings. The molecule has 4 N–H and O–H groups in total. The van der Waals surface area contributed by atoms with Crippen LogP contribution in [0, 0.1) is 11.8 Å². The minimum atomic E-state index is -0.692. The summed E-state index contributed by atoms with van der Waals surface area (Å²) in [4.78, 5) is 72.7. The lowest BCUT2D eigenvalue weighted by atomic mass is 9.87. The molecule has 344 valence electrons. The molecule has 2 unspecified atom stereocenters. The highest BCUT2D eigenvalue weighted by molar-refractivity contribution is 5.88. The third-order valence-corrected chi connectivity index (χ3v) is 13.8. The van der Waals surface area contributed by atoms with Gasteiger partial charge < -0.3 is 39.9 Å². The first kappa shape index (κ1) is 44.5. The molecule has 4 bridgehead atoms. The van der Waals surface area contributed by atoms with Crippen LogP contribution in [-0.4, -0.2) is 93.1 Å². The number of carbonyl (C=O) groups is 4. The number of carbonyl (C=O) groups excluding carboxylic acids is 4. The molecule has 6 aromatic rings. The molecule has 0 spiro atoms. The standard InChI is InChI=1S/C52H60N8O6/c1-29(2)45(57-51(63)65-5)49(61)59-23-7-9-43(59)47-53-39-21-19-35(27-41(39)55-47)37-25-31-11-15-33(37)17-13-32-12-16-34(18-14-31)38(26-32)36-20-22-40-42(28-36)56-48(54-40)44-10-8-24-60(44)50(62)46(30(3)4)58-52(64)66-6/h11-12,15-16,19-22,25-30,43-46H,7-10,13-14,17-18,23-24H2,1-6H3,(H,53,55)(H,54,56)(H,57,63)(H,58,64)/t43-,44?,45-,46?/m0/s1. The van der Waals surface area contributed by atoms with Gasteiger partial charge in [0.2, 0.25) is 11.8 Å². The van der Waals surface area contributed by atoms with Gasteiger partial charge in [-0.15, -0.1) is 0 Å². The number of ether oxygens (including phenoxy) is 2. The summed E-state index contributed by atoms with van der Waals surface area (Å²) < 4.78 is 9.64. The molecule has 4 aromatic carbocycles. The van der Waals surface area contributed by atoms with Crippen molar-refractivity contribution in [2.45, 2.75) is 103 Å². The van der Waals surface area contributed by atoms with Gasteiger partial charge >= 0.3 is 12.2 Å². The van der Waals surface area contributed by atoms with Crippen molar-refractivity contribution >= 4 is 46.1 Å². The summed E-state index contributed by atoms with van der Waals surface area (Å²) in [5.41, 5.74) is 13.3. The van der Waals surface area contributed by atoms with Crippen LogP contribution >= 0.6 is 0 Å². The molecular formula is C52H60N8O6. The Morgan fingerprint density at radius 1 is 0.591 bits per heavy atom. The number of fused-ring (bicyclic) bond motifs is 2. The Labute approximate surface area is 385 Å². The van der Waals surface area contributed by atoms with Gasteiger partial charge in [-0.2, -0.15) is 0 Å². The zero-order valence-electron chi connectivity index (χ0n) is 38.7. The van der Waals surface area contributed by atoms with Gasteiger partial charge in [0.05, 0.1) is 48.4 Å². The first-order valence-corrected chi connectivity index (χ1v) is 23.4. The molecule has 0 saturated carbocycles. The van der Waals surface area contributed by atoms with Gasteiger partial charge in [0, 0.05) is 13.1 Å². The smallest absolute Gasteiger partial charge is 0.407 e. The molecule has 6 aliphatic rings. The Morgan fingerprint density at radius 2 is 1.02 bits per heavy atom. The second-order valence-electron chi connectivity index (χ2n) is 18.8. The van der Waals surface area contributed by atoms with E-state index in [-0.39, 0.29) is 35.7 Å². The molecule has 2 aromatic heterocycles.